The van der Waals surface area contributed by atoms with Crippen molar-refractivity contribution in [3.8, 4) is 33.4 Å². The normalized spacial score (nSPS) is 11.4. The molecule has 1 heteroatoms. The maximum Gasteiger partial charge on any atom is -0.0105 e. The van der Waals surface area contributed by atoms with Crippen LogP contribution in [0, 0.1) is 0 Å². The highest BCUT2D eigenvalue weighted by Gasteiger charge is 2.18. The molecular formula is C48H33P. The van der Waals surface area contributed by atoms with Crippen molar-refractivity contribution < 1.29 is 0 Å². The molecule has 0 spiro atoms. The van der Waals surface area contributed by atoms with Gasteiger partial charge in [-0.25, -0.2) is 0 Å². The van der Waals surface area contributed by atoms with Crippen molar-refractivity contribution in [2.75, 3.05) is 0 Å². The molecule has 49 heavy (non-hydrogen) atoms. The zero-order valence-corrected chi connectivity index (χ0v) is 27.9. The first-order valence-electron chi connectivity index (χ1n) is 16.8. The van der Waals surface area contributed by atoms with Gasteiger partial charge >= 0.3 is 0 Å². The second kappa shape index (κ2) is 12.7. The fourth-order valence-corrected chi connectivity index (χ4v) is 9.48. The molecule has 0 aliphatic rings. The van der Waals surface area contributed by atoms with Gasteiger partial charge in [0.25, 0.3) is 0 Å². The van der Waals surface area contributed by atoms with E-state index in [-0.39, 0.29) is 0 Å². The number of rotatable bonds is 6. The van der Waals surface area contributed by atoms with Crippen molar-refractivity contribution in [3.63, 3.8) is 0 Å². The predicted octanol–water partition coefficient (Wildman–Crippen LogP) is 11.9. The summed E-state index contributed by atoms with van der Waals surface area (Å²) in [6.45, 7) is 0. The maximum absolute atomic E-state index is 2.35. The van der Waals surface area contributed by atoms with Crippen LogP contribution in [0.3, 0.4) is 0 Å². The van der Waals surface area contributed by atoms with Crippen molar-refractivity contribution in [3.05, 3.63) is 200 Å². The van der Waals surface area contributed by atoms with Crippen LogP contribution in [0.2, 0.25) is 0 Å². The Balaban J connectivity index is 1.13. The van der Waals surface area contributed by atoms with E-state index in [4.69, 9.17) is 0 Å². The van der Waals surface area contributed by atoms with Crippen molar-refractivity contribution >= 4 is 56.2 Å². The van der Waals surface area contributed by atoms with Crippen LogP contribution < -0.4 is 15.9 Å². The van der Waals surface area contributed by atoms with E-state index in [9.17, 15) is 0 Å². The molecule has 0 atom stereocenters. The van der Waals surface area contributed by atoms with E-state index in [2.05, 4.69) is 200 Å². The molecule has 0 radical (unpaired) electrons. The molecule has 0 bridgehead atoms. The summed E-state index contributed by atoms with van der Waals surface area (Å²) in [5.41, 5.74) is 7.54. The largest absolute Gasteiger partial charge is 0.0616 e. The van der Waals surface area contributed by atoms with Crippen LogP contribution in [0.1, 0.15) is 0 Å². The van der Waals surface area contributed by atoms with Crippen LogP contribution in [0.5, 0.6) is 0 Å². The molecule has 9 aromatic rings. The minimum Gasteiger partial charge on any atom is -0.0616 e. The monoisotopic (exact) mass is 640 g/mol. The first-order chi connectivity index (χ1) is 24.3. The Bertz CT molecular complexity index is 2270. The van der Waals surface area contributed by atoms with Gasteiger partial charge in [0.05, 0.1) is 0 Å². The Kier molecular flexibility index (Phi) is 7.58. The van der Waals surface area contributed by atoms with E-state index in [0.29, 0.717) is 0 Å². The minimum absolute atomic E-state index is 0.794. The summed E-state index contributed by atoms with van der Waals surface area (Å²) in [6, 6.07) is 73.6. The summed E-state index contributed by atoms with van der Waals surface area (Å²) in [6.07, 6.45) is 0. The molecule has 0 saturated heterocycles. The minimum atomic E-state index is -0.794. The van der Waals surface area contributed by atoms with E-state index in [1.54, 1.807) is 0 Å². The standard InChI is InChI=1S/C48H33P/c1-4-16-43-34(10-1)13-7-19-46(43)37-22-28-40(29-23-37)49(41-30-24-38(25-31-41)47-20-8-14-35-11-2-5-17-44(35)47)42-32-26-39(27-33-42)48-21-9-15-36-12-3-6-18-45(36)48/h1-33H. The zero-order valence-electron chi connectivity index (χ0n) is 27.0. The average Bonchev–Trinajstić information content (AvgIpc) is 3.18. The average molecular weight is 641 g/mol. The number of benzene rings is 9. The molecule has 0 N–H and O–H groups in total. The molecule has 0 amide bonds. The van der Waals surface area contributed by atoms with Gasteiger partial charge in [0.15, 0.2) is 0 Å². The molecule has 0 aromatic heterocycles. The van der Waals surface area contributed by atoms with E-state index in [1.807, 2.05) is 0 Å². The zero-order chi connectivity index (χ0) is 32.6. The highest BCUT2D eigenvalue weighted by molar-refractivity contribution is 7.79. The van der Waals surface area contributed by atoms with Gasteiger partial charge < -0.3 is 0 Å². The van der Waals surface area contributed by atoms with Crippen LogP contribution in [0.25, 0.3) is 65.7 Å². The Morgan fingerprint density at radius 1 is 0.224 bits per heavy atom. The lowest BCUT2D eigenvalue weighted by Gasteiger charge is -2.21. The second-order valence-corrected chi connectivity index (χ2v) is 14.8. The highest BCUT2D eigenvalue weighted by atomic mass is 31.1. The van der Waals surface area contributed by atoms with Gasteiger partial charge in [0.2, 0.25) is 0 Å². The van der Waals surface area contributed by atoms with Crippen molar-refractivity contribution in [2.45, 2.75) is 0 Å². The first-order valence-corrected chi connectivity index (χ1v) is 18.2. The smallest absolute Gasteiger partial charge is 0.0105 e. The summed E-state index contributed by atoms with van der Waals surface area (Å²) in [5, 5.41) is 11.7. The molecule has 9 aromatic carbocycles. The van der Waals surface area contributed by atoms with Gasteiger partial charge in [-0.15, -0.1) is 0 Å². The molecule has 0 aliphatic heterocycles. The number of fused-ring (bicyclic) bond motifs is 3. The summed E-state index contributed by atoms with van der Waals surface area (Å²) in [4.78, 5) is 0. The van der Waals surface area contributed by atoms with Gasteiger partial charge in [-0.1, -0.05) is 200 Å². The lowest BCUT2D eigenvalue weighted by Crippen LogP contribution is -2.20. The summed E-state index contributed by atoms with van der Waals surface area (Å²) < 4.78 is 0. The molecule has 0 fully saturated rings. The highest BCUT2D eigenvalue weighted by Crippen LogP contribution is 2.37. The van der Waals surface area contributed by atoms with Gasteiger partial charge in [0, 0.05) is 0 Å². The molecule has 9 rings (SSSR count). The summed E-state index contributed by atoms with van der Waals surface area (Å²) >= 11 is 0. The van der Waals surface area contributed by atoms with E-state index in [0.717, 1.165) is 0 Å². The molecular weight excluding hydrogens is 608 g/mol. The van der Waals surface area contributed by atoms with Crippen LogP contribution in [0.4, 0.5) is 0 Å². The van der Waals surface area contributed by atoms with E-state index in [1.165, 1.54) is 81.6 Å². The quantitative estimate of drug-likeness (QED) is 0.159. The molecule has 0 nitrogen and oxygen atoms in total. The molecule has 0 heterocycles. The lowest BCUT2D eigenvalue weighted by molar-refractivity contribution is 1.66. The molecule has 0 unspecified atom stereocenters. The topological polar surface area (TPSA) is 0 Å². The number of hydrogen-bond acceptors (Lipinski definition) is 0. The third-order valence-corrected chi connectivity index (χ3v) is 12.1. The summed E-state index contributed by atoms with van der Waals surface area (Å²) in [5.74, 6) is 0. The second-order valence-electron chi connectivity index (χ2n) is 12.6. The molecule has 0 aliphatic carbocycles. The SMILES string of the molecule is c1ccc2c(-c3ccc(P(c4ccc(-c5cccc6ccccc56)cc4)c4ccc(-c5cccc6ccccc56)cc4)cc3)cccc2c1. The van der Waals surface area contributed by atoms with Gasteiger partial charge in [-0.2, -0.15) is 0 Å². The summed E-state index contributed by atoms with van der Waals surface area (Å²) in [7, 11) is -0.794. The van der Waals surface area contributed by atoms with Gasteiger partial charge in [-0.05, 0) is 89.5 Å². The predicted molar refractivity (Wildman–Crippen MR) is 214 cm³/mol. The fourth-order valence-electron chi connectivity index (χ4n) is 7.25. The maximum atomic E-state index is 2.35. The van der Waals surface area contributed by atoms with Gasteiger partial charge in [0.1, 0.15) is 0 Å². The fraction of sp³-hybridized carbons (Fsp3) is 0. The first kappa shape index (κ1) is 29.3. The Morgan fingerprint density at radius 2 is 0.490 bits per heavy atom. The van der Waals surface area contributed by atoms with Crippen LogP contribution in [0.15, 0.2) is 200 Å². The van der Waals surface area contributed by atoms with E-state index < -0.39 is 7.92 Å². The third-order valence-electron chi connectivity index (χ3n) is 9.68. The molecule has 0 saturated carbocycles. The van der Waals surface area contributed by atoms with Crippen molar-refractivity contribution in [2.24, 2.45) is 0 Å². The Morgan fingerprint density at radius 3 is 0.796 bits per heavy atom. The van der Waals surface area contributed by atoms with Crippen LogP contribution >= 0.6 is 7.92 Å². The van der Waals surface area contributed by atoms with Crippen molar-refractivity contribution in [1.29, 1.82) is 0 Å². The Labute approximate surface area is 288 Å². The molecule has 230 valence electrons. The van der Waals surface area contributed by atoms with Crippen molar-refractivity contribution in [1.82, 2.24) is 0 Å². The van der Waals surface area contributed by atoms with Crippen LogP contribution in [-0.4, -0.2) is 0 Å². The third kappa shape index (κ3) is 5.51. The number of hydrogen-bond donors (Lipinski definition) is 0. The van der Waals surface area contributed by atoms with Crippen LogP contribution in [-0.2, 0) is 0 Å². The Hall–Kier alpha value is -5.81. The lowest BCUT2D eigenvalue weighted by atomic mass is 9.98. The van der Waals surface area contributed by atoms with E-state index >= 15 is 0 Å². The van der Waals surface area contributed by atoms with Gasteiger partial charge in [-0.3, -0.25) is 0 Å².